The third kappa shape index (κ3) is 4.52. The molecule has 0 fully saturated rings. The molecule has 0 saturated carbocycles. The maximum absolute atomic E-state index is 13.1. The number of nitrogens with one attached hydrogen (secondary N) is 1. The monoisotopic (exact) mass is 345 g/mol. The Morgan fingerprint density at radius 1 is 1.17 bits per heavy atom. The molecule has 0 aliphatic rings. The Labute approximate surface area is 145 Å². The molecule has 2 aromatic rings. The number of Topliss-reactive ketones (excluding diaryl/α,β-unsaturated/α-hetero) is 1. The van der Waals surface area contributed by atoms with Crippen molar-refractivity contribution in [2.45, 2.75) is 19.9 Å². The van der Waals surface area contributed by atoms with Crippen LogP contribution in [0.5, 0.6) is 0 Å². The minimum absolute atomic E-state index is 0.0358. The van der Waals surface area contributed by atoms with E-state index in [0.29, 0.717) is 5.56 Å². The van der Waals surface area contributed by atoms with E-state index >= 15 is 0 Å². The van der Waals surface area contributed by atoms with E-state index in [1.165, 1.54) is 25.1 Å². The number of benzene rings is 2. The first kappa shape index (κ1) is 17.9. The summed E-state index contributed by atoms with van der Waals surface area (Å²) in [5.74, 6) is -1.38. The molecular weight excluding hydrogens is 329 g/mol. The van der Waals surface area contributed by atoms with Crippen LogP contribution in [0.4, 0.5) is 4.39 Å². The van der Waals surface area contributed by atoms with Crippen LogP contribution >= 0.6 is 11.6 Å². The highest BCUT2D eigenvalue weighted by Gasteiger charge is 2.18. The fourth-order valence-corrected chi connectivity index (χ4v) is 2.42. The third-order valence-corrected chi connectivity index (χ3v) is 3.86. The van der Waals surface area contributed by atoms with Crippen molar-refractivity contribution in [3.05, 3.63) is 76.1 Å². The van der Waals surface area contributed by atoms with Gasteiger partial charge in [0.15, 0.2) is 5.78 Å². The van der Waals surface area contributed by atoms with Gasteiger partial charge in [0.05, 0.1) is 16.6 Å². The summed E-state index contributed by atoms with van der Waals surface area (Å²) in [5, 5.41) is 2.92. The highest BCUT2D eigenvalue weighted by molar-refractivity contribution is 6.32. The van der Waals surface area contributed by atoms with Crippen molar-refractivity contribution in [3.63, 3.8) is 0 Å². The van der Waals surface area contributed by atoms with Crippen LogP contribution in [0.25, 0.3) is 6.08 Å². The quantitative estimate of drug-likeness (QED) is 0.498. The molecule has 0 saturated heterocycles. The first-order valence-corrected chi connectivity index (χ1v) is 7.79. The Morgan fingerprint density at radius 3 is 2.42 bits per heavy atom. The van der Waals surface area contributed by atoms with Gasteiger partial charge in [-0.1, -0.05) is 48.0 Å². The van der Waals surface area contributed by atoms with Crippen molar-refractivity contribution in [1.82, 2.24) is 5.32 Å². The van der Waals surface area contributed by atoms with Crippen LogP contribution < -0.4 is 5.32 Å². The molecule has 0 aliphatic heterocycles. The predicted molar refractivity (Wildman–Crippen MR) is 93.1 cm³/mol. The first-order chi connectivity index (χ1) is 11.4. The summed E-state index contributed by atoms with van der Waals surface area (Å²) in [6.07, 6.45) is 1.37. The van der Waals surface area contributed by atoms with Crippen molar-refractivity contribution in [2.24, 2.45) is 0 Å². The lowest BCUT2D eigenvalue weighted by atomic mass is 10.0. The van der Waals surface area contributed by atoms with Crippen LogP contribution in [-0.2, 0) is 9.59 Å². The van der Waals surface area contributed by atoms with Crippen molar-refractivity contribution in [1.29, 1.82) is 0 Å². The molecule has 0 bridgehead atoms. The van der Waals surface area contributed by atoms with E-state index in [9.17, 15) is 14.0 Å². The van der Waals surface area contributed by atoms with E-state index in [4.69, 9.17) is 11.6 Å². The number of halogens is 2. The number of hydrogen-bond donors (Lipinski definition) is 1. The van der Waals surface area contributed by atoms with Gasteiger partial charge in [0.25, 0.3) is 5.91 Å². The molecule has 5 heteroatoms. The zero-order valence-corrected chi connectivity index (χ0v) is 14.1. The number of amides is 1. The van der Waals surface area contributed by atoms with Crippen LogP contribution in [-0.4, -0.2) is 11.7 Å². The fourth-order valence-electron chi connectivity index (χ4n) is 2.20. The number of carbonyl (C=O) groups is 2. The Bertz CT molecular complexity index is 787. The second-order valence-corrected chi connectivity index (χ2v) is 5.79. The van der Waals surface area contributed by atoms with Crippen molar-refractivity contribution in [3.8, 4) is 0 Å². The predicted octanol–water partition coefficient (Wildman–Crippen LogP) is 4.33. The van der Waals surface area contributed by atoms with Gasteiger partial charge in [0.1, 0.15) is 5.82 Å². The summed E-state index contributed by atoms with van der Waals surface area (Å²) >= 11 is 5.96. The normalized spacial score (nSPS) is 12.6. The Balaban J connectivity index is 2.25. The molecule has 0 unspecified atom stereocenters. The van der Waals surface area contributed by atoms with E-state index in [1.807, 2.05) is 37.3 Å². The fraction of sp³-hybridized carbons (Fsp3) is 0.158. The van der Waals surface area contributed by atoms with E-state index in [1.54, 1.807) is 0 Å². The number of rotatable bonds is 5. The zero-order valence-electron chi connectivity index (χ0n) is 13.3. The highest BCUT2D eigenvalue weighted by Crippen LogP contribution is 2.21. The van der Waals surface area contributed by atoms with Crippen molar-refractivity contribution >= 4 is 29.4 Å². The third-order valence-electron chi connectivity index (χ3n) is 3.53. The van der Waals surface area contributed by atoms with Gasteiger partial charge in [-0.2, -0.15) is 0 Å². The van der Waals surface area contributed by atoms with Gasteiger partial charge in [-0.05, 0) is 43.2 Å². The molecule has 0 radical (unpaired) electrons. The topological polar surface area (TPSA) is 46.2 Å². The lowest BCUT2D eigenvalue weighted by Gasteiger charge is -2.15. The summed E-state index contributed by atoms with van der Waals surface area (Å²) < 4.78 is 13.1. The van der Waals surface area contributed by atoms with E-state index < -0.39 is 17.5 Å². The molecule has 3 nitrogen and oxygen atoms in total. The molecule has 0 aliphatic carbocycles. The summed E-state index contributed by atoms with van der Waals surface area (Å²) in [4.78, 5) is 24.3. The number of hydrogen-bond acceptors (Lipinski definition) is 2. The van der Waals surface area contributed by atoms with Gasteiger partial charge in [0.2, 0.25) is 0 Å². The van der Waals surface area contributed by atoms with Gasteiger partial charge in [0, 0.05) is 0 Å². The Morgan fingerprint density at radius 2 is 1.83 bits per heavy atom. The minimum Gasteiger partial charge on any atom is -0.345 e. The van der Waals surface area contributed by atoms with Gasteiger partial charge >= 0.3 is 0 Å². The van der Waals surface area contributed by atoms with E-state index in [2.05, 4.69) is 5.32 Å². The number of ketones is 1. The lowest BCUT2D eigenvalue weighted by molar-refractivity contribution is -0.122. The zero-order chi connectivity index (χ0) is 17.7. The molecule has 0 spiro atoms. The van der Waals surface area contributed by atoms with Crippen LogP contribution in [0, 0.1) is 5.82 Å². The number of carbonyl (C=O) groups excluding carboxylic acids is 2. The van der Waals surface area contributed by atoms with Crippen LogP contribution in [0.2, 0.25) is 5.02 Å². The van der Waals surface area contributed by atoms with E-state index in [-0.39, 0.29) is 16.6 Å². The minimum atomic E-state index is -0.501. The van der Waals surface area contributed by atoms with Crippen molar-refractivity contribution in [2.75, 3.05) is 0 Å². The van der Waals surface area contributed by atoms with Crippen LogP contribution in [0.3, 0.4) is 0 Å². The Hall–Kier alpha value is -2.46. The summed E-state index contributed by atoms with van der Waals surface area (Å²) in [6.45, 7) is 3.13. The maximum Gasteiger partial charge on any atom is 0.255 e. The van der Waals surface area contributed by atoms with Gasteiger partial charge in [-0.15, -0.1) is 0 Å². The highest BCUT2D eigenvalue weighted by atomic mass is 35.5. The summed E-state index contributed by atoms with van der Waals surface area (Å²) in [6, 6.07) is 12.9. The van der Waals surface area contributed by atoms with Gasteiger partial charge in [-0.3, -0.25) is 9.59 Å². The van der Waals surface area contributed by atoms with E-state index in [0.717, 1.165) is 11.6 Å². The van der Waals surface area contributed by atoms with Crippen molar-refractivity contribution < 1.29 is 14.0 Å². The molecule has 1 N–H and O–H groups in total. The molecule has 0 aromatic heterocycles. The van der Waals surface area contributed by atoms with Crippen LogP contribution in [0.1, 0.15) is 31.0 Å². The SMILES string of the molecule is CC(=O)/C(=C\c1ccc(F)cc1Cl)C(=O)N[C@@H](C)c1ccccc1. The molecule has 1 amide bonds. The summed E-state index contributed by atoms with van der Waals surface area (Å²) in [7, 11) is 0. The average molecular weight is 346 g/mol. The maximum atomic E-state index is 13.1. The standard InChI is InChI=1S/C19H17ClFNO2/c1-12(14-6-4-3-5-7-14)22-19(24)17(13(2)23)10-15-8-9-16(21)11-18(15)20/h3-12H,1-2H3,(H,22,24)/b17-10+/t12-/m0/s1. The largest absolute Gasteiger partial charge is 0.345 e. The smallest absolute Gasteiger partial charge is 0.255 e. The summed E-state index contributed by atoms with van der Waals surface area (Å²) in [5.41, 5.74) is 1.30. The van der Waals surface area contributed by atoms with Gasteiger partial charge < -0.3 is 5.32 Å². The van der Waals surface area contributed by atoms with Crippen LogP contribution in [0.15, 0.2) is 54.1 Å². The second kappa shape index (κ2) is 7.88. The van der Waals surface area contributed by atoms with Gasteiger partial charge in [-0.25, -0.2) is 4.39 Å². The molecule has 24 heavy (non-hydrogen) atoms. The Kier molecular flexibility index (Phi) is 5.88. The first-order valence-electron chi connectivity index (χ1n) is 7.42. The molecule has 1 atom stereocenters. The second-order valence-electron chi connectivity index (χ2n) is 5.39. The molecule has 2 rings (SSSR count). The lowest BCUT2D eigenvalue weighted by Crippen LogP contribution is -2.30. The molecule has 124 valence electrons. The molecular formula is C19H17ClFNO2. The molecule has 2 aromatic carbocycles. The molecule has 0 heterocycles. The average Bonchev–Trinajstić information content (AvgIpc) is 2.54.